The second-order valence-corrected chi connectivity index (χ2v) is 11.4. The van der Waals surface area contributed by atoms with Crippen LogP contribution in [0.3, 0.4) is 0 Å². The molecule has 1 aliphatic carbocycles. The first-order chi connectivity index (χ1) is 25.8. The zero-order valence-corrected chi connectivity index (χ0v) is 30.4. The number of carbonyl (C=O) groups excluding carboxylic acids is 1. The fourth-order valence-corrected chi connectivity index (χ4v) is 5.15. The maximum atomic E-state index is 12.3. The van der Waals surface area contributed by atoms with Gasteiger partial charge in [-0.2, -0.15) is 0 Å². The van der Waals surface area contributed by atoms with E-state index >= 15 is 0 Å². The van der Waals surface area contributed by atoms with Gasteiger partial charge < -0.3 is 57.4 Å². The molecule has 0 fully saturated rings. The number of carbonyl (C=O) groups is 1. The smallest absolute Gasteiger partial charge is 0.407 e. The van der Waals surface area contributed by atoms with Crippen LogP contribution in [0.15, 0.2) is 48.5 Å². The molecule has 0 unspecified atom stereocenters. The van der Waals surface area contributed by atoms with Gasteiger partial charge in [-0.25, -0.2) is 9.18 Å². The molecule has 2 aromatic rings. The van der Waals surface area contributed by atoms with Crippen molar-refractivity contribution in [1.29, 1.82) is 0 Å². The molecule has 2 aromatic carbocycles. The van der Waals surface area contributed by atoms with Crippen LogP contribution in [0.25, 0.3) is 11.1 Å². The molecule has 0 saturated carbocycles. The molecule has 1 aliphatic rings. The van der Waals surface area contributed by atoms with E-state index in [-0.39, 0.29) is 12.5 Å². The van der Waals surface area contributed by atoms with Gasteiger partial charge in [0.2, 0.25) is 0 Å². The van der Waals surface area contributed by atoms with E-state index in [1.54, 1.807) is 0 Å². The average molecular weight is 740 g/mol. The number of hydrogen-bond donors (Lipinski definition) is 1. The van der Waals surface area contributed by atoms with E-state index in [4.69, 9.17) is 52.1 Å². The molecule has 1 N–H and O–H groups in total. The Morgan fingerprint density at radius 3 is 1.17 bits per heavy atom. The Labute approximate surface area is 307 Å². The van der Waals surface area contributed by atoms with Crippen molar-refractivity contribution in [2.24, 2.45) is 0 Å². The fraction of sp³-hybridized carbons (Fsp3) is 0.658. The normalized spacial score (nSPS) is 12.2. The largest absolute Gasteiger partial charge is 0.449 e. The topological polar surface area (TPSA) is 131 Å². The minimum absolute atomic E-state index is 0.0476. The number of fused-ring (bicyclic) bond motifs is 3. The zero-order chi connectivity index (χ0) is 36.6. The zero-order valence-electron chi connectivity index (χ0n) is 30.4. The Kier molecular flexibility index (Phi) is 25.7. The molecule has 1 amide bonds. The van der Waals surface area contributed by atoms with Crippen LogP contribution in [-0.4, -0.2) is 158 Å². The predicted octanol–water partition coefficient (Wildman–Crippen LogP) is 4.05. The molecule has 294 valence electrons. The summed E-state index contributed by atoms with van der Waals surface area (Å²) < 4.78 is 71.5. The van der Waals surface area contributed by atoms with E-state index in [9.17, 15) is 9.18 Å². The predicted molar refractivity (Wildman–Crippen MR) is 192 cm³/mol. The van der Waals surface area contributed by atoms with Crippen LogP contribution in [0.1, 0.15) is 23.5 Å². The van der Waals surface area contributed by atoms with Gasteiger partial charge in [-0.15, -0.1) is 0 Å². The highest BCUT2D eigenvalue weighted by atomic mass is 19.1. The van der Waals surface area contributed by atoms with Crippen LogP contribution in [-0.2, 0) is 52.1 Å². The first kappa shape index (κ1) is 43.6. The summed E-state index contributed by atoms with van der Waals surface area (Å²) in [5, 5.41) is 2.80. The maximum Gasteiger partial charge on any atom is 0.407 e. The average Bonchev–Trinajstić information content (AvgIpc) is 3.49. The van der Waals surface area contributed by atoms with Crippen LogP contribution < -0.4 is 5.32 Å². The summed E-state index contributed by atoms with van der Waals surface area (Å²) >= 11 is 0. The van der Waals surface area contributed by atoms with Crippen molar-refractivity contribution in [3.63, 3.8) is 0 Å². The monoisotopic (exact) mass is 739 g/mol. The lowest BCUT2D eigenvalue weighted by atomic mass is 9.98. The van der Waals surface area contributed by atoms with Gasteiger partial charge in [0.25, 0.3) is 0 Å². The third-order valence-corrected chi connectivity index (χ3v) is 7.65. The van der Waals surface area contributed by atoms with Gasteiger partial charge >= 0.3 is 6.09 Å². The standard InChI is InChI=1S/C38H58FNO12/c39-10-13-43-15-17-45-19-21-47-23-25-49-27-29-51-31-30-50-28-26-48-24-22-46-20-18-44-16-14-42-12-5-11-40-38(41)52-32-37-35-8-3-1-6-33(35)34-7-2-4-9-36(34)37/h1-4,6-9,37H,5,10-32H2,(H,40,41). The Balaban J connectivity index is 0.958. The first-order valence-electron chi connectivity index (χ1n) is 18.2. The summed E-state index contributed by atoms with van der Waals surface area (Å²) in [6, 6.07) is 16.6. The summed E-state index contributed by atoms with van der Waals surface area (Å²) in [5.74, 6) is 0.0476. The number of halogens is 1. The second kappa shape index (κ2) is 30.7. The van der Waals surface area contributed by atoms with Crippen LogP contribution in [0.4, 0.5) is 9.18 Å². The van der Waals surface area contributed by atoms with E-state index in [0.29, 0.717) is 145 Å². The molecule has 0 spiro atoms. The number of benzene rings is 2. The number of hydrogen-bond acceptors (Lipinski definition) is 12. The first-order valence-corrected chi connectivity index (χ1v) is 18.2. The van der Waals surface area contributed by atoms with E-state index in [2.05, 4.69) is 29.6 Å². The summed E-state index contributed by atoms with van der Waals surface area (Å²) in [6.07, 6.45) is 0.264. The lowest BCUT2D eigenvalue weighted by molar-refractivity contribution is -0.0265. The van der Waals surface area contributed by atoms with Gasteiger partial charge in [0.1, 0.15) is 13.3 Å². The molecule has 0 aromatic heterocycles. The minimum atomic E-state index is -0.479. The summed E-state index contributed by atoms with van der Waals surface area (Å²) in [4.78, 5) is 12.3. The molecule has 0 radical (unpaired) electrons. The maximum absolute atomic E-state index is 12.3. The van der Waals surface area contributed by atoms with Crippen LogP contribution in [0.5, 0.6) is 0 Å². The Morgan fingerprint density at radius 2 is 0.808 bits per heavy atom. The van der Waals surface area contributed by atoms with E-state index in [1.807, 2.05) is 24.3 Å². The van der Waals surface area contributed by atoms with Crippen molar-refractivity contribution in [3.05, 3.63) is 59.7 Å². The van der Waals surface area contributed by atoms with Gasteiger partial charge in [-0.3, -0.25) is 0 Å². The van der Waals surface area contributed by atoms with E-state index in [1.165, 1.54) is 22.3 Å². The quantitative estimate of drug-likeness (QED) is 0.102. The molecule has 14 heteroatoms. The fourth-order valence-electron chi connectivity index (χ4n) is 5.15. The number of ether oxygens (including phenoxy) is 11. The number of nitrogens with one attached hydrogen (secondary N) is 1. The van der Waals surface area contributed by atoms with Gasteiger partial charge in [0.05, 0.1) is 126 Å². The lowest BCUT2D eigenvalue weighted by Gasteiger charge is -2.14. The van der Waals surface area contributed by atoms with Crippen LogP contribution in [0.2, 0.25) is 0 Å². The van der Waals surface area contributed by atoms with E-state index in [0.717, 1.165) is 0 Å². The van der Waals surface area contributed by atoms with Gasteiger partial charge in [-0.05, 0) is 28.7 Å². The second-order valence-electron chi connectivity index (χ2n) is 11.4. The highest BCUT2D eigenvalue weighted by Crippen LogP contribution is 2.44. The van der Waals surface area contributed by atoms with Crippen molar-refractivity contribution in [2.45, 2.75) is 12.3 Å². The molecule has 0 bridgehead atoms. The Bertz CT molecular complexity index is 1120. The molecule has 13 nitrogen and oxygen atoms in total. The Morgan fingerprint density at radius 1 is 0.481 bits per heavy atom. The molecule has 52 heavy (non-hydrogen) atoms. The SMILES string of the molecule is O=C(NCCCOCCOCCOCCOCCOCCOCCOCCOCCOCCOCCF)OCC1c2ccccc2-c2ccccc21. The third-order valence-electron chi connectivity index (χ3n) is 7.65. The van der Waals surface area contributed by atoms with Crippen molar-refractivity contribution in [3.8, 4) is 11.1 Å². The summed E-state index contributed by atoms with van der Waals surface area (Å²) in [7, 11) is 0. The molecule has 0 aliphatic heterocycles. The summed E-state index contributed by atoms with van der Waals surface area (Å²) in [5.41, 5.74) is 4.80. The summed E-state index contributed by atoms with van der Waals surface area (Å²) in [6.45, 7) is 9.44. The number of alkyl carbamates (subject to hydrolysis) is 1. The van der Waals surface area contributed by atoms with Gasteiger partial charge in [0, 0.05) is 19.1 Å². The number of amides is 1. The third kappa shape index (κ3) is 19.9. The molecular formula is C38H58FNO12. The van der Waals surface area contributed by atoms with E-state index < -0.39 is 12.8 Å². The molecule has 0 atom stereocenters. The van der Waals surface area contributed by atoms with Gasteiger partial charge in [-0.1, -0.05) is 48.5 Å². The van der Waals surface area contributed by atoms with Crippen molar-refractivity contribution in [1.82, 2.24) is 5.32 Å². The molecular weight excluding hydrogens is 681 g/mol. The van der Waals surface area contributed by atoms with Crippen molar-refractivity contribution < 1.29 is 61.3 Å². The number of rotatable bonds is 35. The van der Waals surface area contributed by atoms with Crippen LogP contribution in [0, 0.1) is 0 Å². The van der Waals surface area contributed by atoms with Gasteiger partial charge in [0.15, 0.2) is 0 Å². The van der Waals surface area contributed by atoms with Crippen molar-refractivity contribution >= 4 is 6.09 Å². The number of alkyl halides is 1. The minimum Gasteiger partial charge on any atom is -0.449 e. The Hall–Kier alpha value is -2.76. The highest BCUT2D eigenvalue weighted by molar-refractivity contribution is 5.79. The molecule has 0 saturated heterocycles. The molecule has 3 rings (SSSR count). The lowest BCUT2D eigenvalue weighted by Crippen LogP contribution is -2.27. The van der Waals surface area contributed by atoms with Crippen molar-refractivity contribution in [2.75, 3.05) is 152 Å². The highest BCUT2D eigenvalue weighted by Gasteiger charge is 2.28. The molecule has 0 heterocycles. The van der Waals surface area contributed by atoms with Crippen LogP contribution >= 0.6 is 0 Å².